The third kappa shape index (κ3) is 5.23. The molecule has 4 rings (SSSR count). The number of pyridine rings is 2. The van der Waals surface area contributed by atoms with Crippen LogP contribution in [-0.4, -0.2) is 25.5 Å². The molecule has 2 heterocycles. The zero-order valence-electron chi connectivity index (χ0n) is 17.3. The maximum Gasteiger partial charge on any atom is 0.264 e. The van der Waals surface area contributed by atoms with Crippen molar-refractivity contribution in [2.45, 2.75) is 9.32 Å². The van der Waals surface area contributed by atoms with Crippen molar-refractivity contribution in [2.24, 2.45) is 0 Å². The van der Waals surface area contributed by atoms with E-state index in [4.69, 9.17) is 4.74 Å². The molecule has 9 heteroatoms. The van der Waals surface area contributed by atoms with Gasteiger partial charge in [0.2, 0.25) is 0 Å². The van der Waals surface area contributed by atoms with Gasteiger partial charge in [0.15, 0.2) is 0 Å². The maximum absolute atomic E-state index is 13.3. The number of benzene rings is 2. The van der Waals surface area contributed by atoms with Crippen molar-refractivity contribution in [2.75, 3.05) is 11.8 Å². The van der Waals surface area contributed by atoms with Crippen molar-refractivity contribution in [3.63, 3.8) is 0 Å². The zero-order chi connectivity index (χ0) is 23.4. The fourth-order valence-electron chi connectivity index (χ4n) is 3.17. The SMILES string of the molecule is COc1ccc(S(=O)(=O)Nc2ccccc2C#Cc2cnc(CI)c(I)c2)c2ncccc12. The van der Waals surface area contributed by atoms with Crippen LogP contribution in [0.4, 0.5) is 5.69 Å². The number of para-hydroxylation sites is 1. The summed E-state index contributed by atoms with van der Waals surface area (Å²) in [6, 6.07) is 15.6. The molecule has 2 aromatic heterocycles. The number of methoxy groups -OCH3 is 1. The standard InChI is InChI=1S/C24H17I2N3O3S/c1-32-22-10-11-23(24-18(22)6-4-12-27-24)33(30,31)29-20-7-3-2-5-17(20)9-8-16-13-19(26)21(14-25)28-15-16/h2-7,10-13,15,29H,14H2,1H3. The lowest BCUT2D eigenvalue weighted by Gasteiger charge is -2.13. The first-order valence-electron chi connectivity index (χ1n) is 9.69. The van der Waals surface area contributed by atoms with Gasteiger partial charge >= 0.3 is 0 Å². The van der Waals surface area contributed by atoms with Crippen LogP contribution in [0.1, 0.15) is 16.8 Å². The van der Waals surface area contributed by atoms with Gasteiger partial charge in [-0.1, -0.05) is 46.6 Å². The fourth-order valence-corrected chi connectivity index (χ4v) is 6.41. The predicted molar refractivity (Wildman–Crippen MR) is 146 cm³/mol. The normalized spacial score (nSPS) is 11.0. The monoisotopic (exact) mass is 681 g/mol. The Balaban J connectivity index is 1.71. The number of ether oxygens (including phenoxy) is 1. The highest BCUT2D eigenvalue weighted by atomic mass is 127. The van der Waals surface area contributed by atoms with Crippen molar-refractivity contribution in [3.05, 3.63) is 87.4 Å². The van der Waals surface area contributed by atoms with Crippen molar-refractivity contribution in [1.82, 2.24) is 9.97 Å². The molecule has 4 aromatic rings. The van der Waals surface area contributed by atoms with Gasteiger partial charge in [0.1, 0.15) is 10.6 Å². The average Bonchev–Trinajstić information content (AvgIpc) is 2.82. The van der Waals surface area contributed by atoms with E-state index in [1.54, 1.807) is 48.8 Å². The quantitative estimate of drug-likeness (QED) is 0.174. The van der Waals surface area contributed by atoms with Crippen molar-refractivity contribution in [1.29, 1.82) is 0 Å². The van der Waals surface area contributed by atoms with Gasteiger partial charge < -0.3 is 4.74 Å². The minimum Gasteiger partial charge on any atom is -0.496 e. The summed E-state index contributed by atoms with van der Waals surface area (Å²) in [6.45, 7) is 0. The van der Waals surface area contributed by atoms with Crippen molar-refractivity contribution >= 4 is 71.8 Å². The molecule has 0 aliphatic rings. The molecular formula is C24H17I2N3O3S. The lowest BCUT2D eigenvalue weighted by atomic mass is 10.1. The predicted octanol–water partition coefficient (Wildman–Crippen LogP) is 5.38. The van der Waals surface area contributed by atoms with E-state index in [1.165, 1.54) is 13.2 Å². The Bertz CT molecular complexity index is 1510. The second kappa shape index (κ2) is 10.2. The van der Waals surface area contributed by atoms with Gasteiger partial charge in [-0.25, -0.2) is 8.42 Å². The van der Waals surface area contributed by atoms with E-state index in [0.29, 0.717) is 27.9 Å². The van der Waals surface area contributed by atoms with E-state index in [9.17, 15) is 8.42 Å². The molecule has 0 aliphatic heterocycles. The van der Waals surface area contributed by atoms with Gasteiger partial charge in [-0.2, -0.15) is 0 Å². The number of nitrogens with one attached hydrogen (secondary N) is 1. The molecule has 1 N–H and O–H groups in total. The number of anilines is 1. The van der Waals surface area contributed by atoms with Crippen LogP contribution in [0.15, 0.2) is 71.9 Å². The number of rotatable bonds is 5. The summed E-state index contributed by atoms with van der Waals surface area (Å²) in [4.78, 5) is 8.78. The Labute approximate surface area is 219 Å². The molecule has 0 aliphatic carbocycles. The van der Waals surface area contributed by atoms with Crippen LogP contribution in [0.5, 0.6) is 5.75 Å². The van der Waals surface area contributed by atoms with Gasteiger partial charge in [0.25, 0.3) is 10.0 Å². The van der Waals surface area contributed by atoms with Crippen LogP contribution in [0.25, 0.3) is 10.9 Å². The molecule has 0 amide bonds. The van der Waals surface area contributed by atoms with Crippen LogP contribution >= 0.6 is 45.2 Å². The van der Waals surface area contributed by atoms with Crippen LogP contribution in [0.3, 0.4) is 0 Å². The highest BCUT2D eigenvalue weighted by molar-refractivity contribution is 14.1. The first-order chi connectivity index (χ1) is 15.9. The molecule has 2 aromatic carbocycles. The van der Waals surface area contributed by atoms with Crippen molar-refractivity contribution in [3.8, 4) is 17.6 Å². The van der Waals surface area contributed by atoms with E-state index in [2.05, 4.69) is 71.7 Å². The third-order valence-electron chi connectivity index (χ3n) is 4.76. The molecule has 0 saturated heterocycles. The lowest BCUT2D eigenvalue weighted by Crippen LogP contribution is -2.14. The van der Waals surface area contributed by atoms with Gasteiger partial charge in [0.05, 0.1) is 24.0 Å². The molecular weight excluding hydrogens is 664 g/mol. The van der Waals surface area contributed by atoms with E-state index in [0.717, 1.165) is 19.3 Å². The number of halogens is 2. The largest absolute Gasteiger partial charge is 0.496 e. The van der Waals surface area contributed by atoms with E-state index in [-0.39, 0.29) is 4.90 Å². The number of sulfonamides is 1. The number of fused-ring (bicyclic) bond motifs is 1. The summed E-state index contributed by atoms with van der Waals surface area (Å²) in [6.07, 6.45) is 3.28. The third-order valence-corrected chi connectivity index (χ3v) is 7.81. The minimum atomic E-state index is -3.94. The summed E-state index contributed by atoms with van der Waals surface area (Å²) in [5.74, 6) is 6.70. The van der Waals surface area contributed by atoms with Crippen LogP contribution in [0, 0.1) is 15.4 Å². The number of hydrogen-bond donors (Lipinski definition) is 1. The Kier molecular flexibility index (Phi) is 7.35. The lowest BCUT2D eigenvalue weighted by molar-refractivity contribution is 0.419. The molecule has 0 radical (unpaired) electrons. The Morgan fingerprint density at radius 2 is 1.88 bits per heavy atom. The topological polar surface area (TPSA) is 81.2 Å². The summed E-state index contributed by atoms with van der Waals surface area (Å²) in [7, 11) is -2.40. The second-order valence-electron chi connectivity index (χ2n) is 6.85. The maximum atomic E-state index is 13.3. The first-order valence-corrected chi connectivity index (χ1v) is 13.8. The van der Waals surface area contributed by atoms with Crippen LogP contribution < -0.4 is 9.46 Å². The van der Waals surface area contributed by atoms with E-state index in [1.807, 2.05) is 12.1 Å². The summed E-state index contributed by atoms with van der Waals surface area (Å²) < 4.78 is 36.5. The highest BCUT2D eigenvalue weighted by Crippen LogP contribution is 2.30. The fraction of sp³-hybridized carbons (Fsp3) is 0.0833. The molecule has 0 spiro atoms. The molecule has 0 fully saturated rings. The summed E-state index contributed by atoms with van der Waals surface area (Å²) in [5, 5.41) is 0.619. The van der Waals surface area contributed by atoms with Crippen LogP contribution in [-0.2, 0) is 14.5 Å². The Hall–Kier alpha value is -2.43. The van der Waals surface area contributed by atoms with Gasteiger partial charge in [0, 0.05) is 36.9 Å². The number of alkyl halides is 1. The second-order valence-corrected chi connectivity index (χ2v) is 10.4. The molecule has 0 bridgehead atoms. The van der Waals surface area contributed by atoms with Gasteiger partial charge in [-0.3, -0.25) is 14.7 Å². The molecule has 0 saturated carbocycles. The van der Waals surface area contributed by atoms with Gasteiger partial charge in [-0.05, 0) is 65.1 Å². The molecule has 33 heavy (non-hydrogen) atoms. The molecule has 166 valence electrons. The van der Waals surface area contributed by atoms with E-state index < -0.39 is 10.0 Å². The molecule has 0 unspecified atom stereocenters. The minimum absolute atomic E-state index is 0.0646. The number of nitrogens with zero attached hydrogens (tertiary/aromatic N) is 2. The average molecular weight is 681 g/mol. The molecule has 6 nitrogen and oxygen atoms in total. The summed E-state index contributed by atoms with van der Waals surface area (Å²) in [5.41, 5.74) is 3.05. The summed E-state index contributed by atoms with van der Waals surface area (Å²) >= 11 is 4.51. The Morgan fingerprint density at radius 1 is 1.06 bits per heavy atom. The number of hydrogen-bond acceptors (Lipinski definition) is 5. The molecule has 0 atom stereocenters. The smallest absolute Gasteiger partial charge is 0.264 e. The van der Waals surface area contributed by atoms with Gasteiger partial charge in [-0.15, -0.1) is 0 Å². The Morgan fingerprint density at radius 3 is 2.64 bits per heavy atom. The first kappa shape index (κ1) is 23.7. The van der Waals surface area contributed by atoms with E-state index >= 15 is 0 Å². The number of aromatic nitrogens is 2. The zero-order valence-corrected chi connectivity index (χ0v) is 22.5. The van der Waals surface area contributed by atoms with Crippen LogP contribution in [0.2, 0.25) is 0 Å². The highest BCUT2D eigenvalue weighted by Gasteiger charge is 2.21. The van der Waals surface area contributed by atoms with Crippen molar-refractivity contribution < 1.29 is 13.2 Å².